The molecule has 0 aliphatic carbocycles. The first-order valence-electron chi connectivity index (χ1n) is 18.3. The second kappa shape index (κ2) is 19.3. The second-order valence-electron chi connectivity index (χ2n) is 13.6. The van der Waals surface area contributed by atoms with Gasteiger partial charge in [0, 0.05) is 53.9 Å². The van der Waals surface area contributed by atoms with Crippen molar-refractivity contribution in [3.8, 4) is 33.9 Å². The lowest BCUT2D eigenvalue weighted by molar-refractivity contribution is -0.383. The molecule has 2 atom stereocenters. The summed E-state index contributed by atoms with van der Waals surface area (Å²) in [7, 11) is -5.31. The lowest BCUT2D eigenvalue weighted by Gasteiger charge is -2.20. The molecule has 28 heteroatoms. The van der Waals surface area contributed by atoms with Crippen LogP contribution in [0.3, 0.4) is 0 Å². The quantitative estimate of drug-likeness (QED) is 0.0539. The van der Waals surface area contributed by atoms with Crippen LogP contribution in [0.25, 0.3) is 33.9 Å². The molecule has 6 rings (SSSR count). The van der Waals surface area contributed by atoms with Crippen molar-refractivity contribution in [2.24, 2.45) is 0 Å². The summed E-state index contributed by atoms with van der Waals surface area (Å²) in [6, 6.07) is 8.15. The fourth-order valence-electron chi connectivity index (χ4n) is 6.08. The Bertz CT molecular complexity index is 2810. The van der Waals surface area contributed by atoms with Crippen LogP contribution >= 0.6 is 0 Å². The van der Waals surface area contributed by atoms with E-state index < -0.39 is 79.2 Å². The van der Waals surface area contributed by atoms with Crippen molar-refractivity contribution in [3.05, 3.63) is 107 Å². The molecule has 64 heavy (non-hydrogen) atoms. The molecule has 0 aliphatic rings. The van der Waals surface area contributed by atoms with E-state index in [0.29, 0.717) is 16.7 Å². The number of hydrogen-bond donors (Lipinski definition) is 5. The van der Waals surface area contributed by atoms with E-state index >= 15 is 0 Å². The average Bonchev–Trinajstić information content (AvgIpc) is 3.93. The Labute approximate surface area is 360 Å². The maximum Gasteiger partial charge on any atom is 0.395 e. The van der Waals surface area contributed by atoms with Crippen molar-refractivity contribution in [1.82, 2.24) is 48.9 Å². The molecule has 0 radical (unpaired) electrons. The van der Waals surface area contributed by atoms with Gasteiger partial charge >= 0.3 is 18.0 Å². The molecule has 8 N–H and O–H groups in total. The zero-order chi connectivity index (χ0) is 47.2. The van der Waals surface area contributed by atoms with E-state index in [1.807, 2.05) is 9.44 Å². The zero-order valence-electron chi connectivity index (χ0n) is 33.4. The van der Waals surface area contributed by atoms with E-state index in [2.05, 4.69) is 30.1 Å². The molecule has 0 fully saturated rings. The highest BCUT2D eigenvalue weighted by Crippen LogP contribution is 2.39. The Morgan fingerprint density at radius 3 is 1.47 bits per heavy atom. The van der Waals surface area contributed by atoms with Gasteiger partial charge in [-0.25, -0.2) is 55.6 Å². The van der Waals surface area contributed by atoms with E-state index in [-0.39, 0.29) is 45.6 Å². The third-order valence-corrected chi connectivity index (χ3v) is 12.3. The van der Waals surface area contributed by atoms with Crippen LogP contribution in [-0.2, 0) is 20.0 Å². The number of nitrogens with one attached hydrogen (secondary N) is 2. The SMILES string of the molecule is CNS(=O)(=O)CCC(c1ccc(-n2cc(-c3ccnc(N)c3N)cn2)nc1)C(F)(F)F.CNS(=O)(=O)CCC(c1ccc(-n2cc(-c3ccnc(N)c3[N+](=O)[O-])cn2)nc1)C(F)(F)F. The van der Waals surface area contributed by atoms with E-state index in [1.54, 1.807) is 12.3 Å². The van der Waals surface area contributed by atoms with Crippen LogP contribution in [0.15, 0.2) is 86.0 Å². The number of nitrogens with two attached hydrogens (primary N) is 3. The first-order chi connectivity index (χ1) is 29.9. The van der Waals surface area contributed by atoms with Crippen LogP contribution in [0.5, 0.6) is 0 Å². The van der Waals surface area contributed by atoms with E-state index in [9.17, 15) is 53.3 Å². The number of pyridine rings is 4. The Kier molecular flexibility index (Phi) is 14.6. The highest BCUT2D eigenvalue weighted by atomic mass is 32.2. The van der Waals surface area contributed by atoms with Gasteiger partial charge in [0.2, 0.25) is 25.9 Å². The summed E-state index contributed by atoms with van der Waals surface area (Å²) in [5.41, 5.74) is 18.5. The third-order valence-electron chi connectivity index (χ3n) is 9.52. The number of nitro groups is 1. The highest BCUT2D eigenvalue weighted by molar-refractivity contribution is 7.89. The smallest absolute Gasteiger partial charge is 0.395 e. The van der Waals surface area contributed by atoms with E-state index in [1.165, 1.54) is 70.7 Å². The van der Waals surface area contributed by atoms with Gasteiger partial charge in [-0.05, 0) is 62.3 Å². The van der Waals surface area contributed by atoms with Gasteiger partial charge < -0.3 is 17.2 Å². The van der Waals surface area contributed by atoms with E-state index in [4.69, 9.17) is 17.2 Å². The van der Waals surface area contributed by atoms with Crippen LogP contribution in [0.2, 0.25) is 0 Å². The van der Waals surface area contributed by atoms with Crippen LogP contribution in [0, 0.1) is 10.1 Å². The standard InChI is InChI=1S/C18H18F3N7O4S.C18H20F3N7O2S/c1-23-33(31,32)7-5-14(18(19,20)21)11-2-3-15(25-8-11)27-10-12(9-26-27)13-4-6-24-17(22)16(13)28(29)30;1-24-31(29,30)7-5-14(18(19,20)21)11-2-3-15(26-8-11)28-10-12(9-27-28)13-4-6-25-17(23)16(13)22/h2-4,6,8-10,14,23H,5,7H2,1H3,(H2,22,24);2-4,6,8-10,14,24H,5,7,22H2,1H3,(H2,23,25). The van der Waals surface area contributed by atoms with Gasteiger partial charge in [0.15, 0.2) is 11.6 Å². The molecular formula is C36H38F6N14O6S2. The minimum Gasteiger partial charge on any atom is -0.395 e. The fourth-order valence-corrected chi connectivity index (χ4v) is 7.58. The number of sulfonamides is 2. The molecule has 0 amide bonds. The van der Waals surface area contributed by atoms with Crippen molar-refractivity contribution in [1.29, 1.82) is 0 Å². The molecule has 6 aromatic heterocycles. The summed E-state index contributed by atoms with van der Waals surface area (Å²) in [6.07, 6.45) is 0.112. The number of hydrogen-bond acceptors (Lipinski definition) is 15. The molecule has 0 saturated heterocycles. The summed E-state index contributed by atoms with van der Waals surface area (Å²) in [5.74, 6) is -5.03. The van der Waals surface area contributed by atoms with Gasteiger partial charge in [0.05, 0.1) is 51.9 Å². The van der Waals surface area contributed by atoms with Crippen LogP contribution in [0.4, 0.5) is 49.4 Å². The third kappa shape index (κ3) is 11.8. The van der Waals surface area contributed by atoms with E-state index in [0.717, 1.165) is 26.5 Å². The maximum atomic E-state index is 13.5. The predicted molar refractivity (Wildman–Crippen MR) is 222 cm³/mol. The number of aromatic nitrogens is 8. The number of alkyl halides is 6. The number of nitrogen functional groups attached to an aromatic ring is 3. The second-order valence-corrected chi connectivity index (χ2v) is 17.7. The number of anilines is 3. The molecule has 0 aliphatic heterocycles. The summed E-state index contributed by atoms with van der Waals surface area (Å²) in [5, 5.41) is 19.5. The van der Waals surface area contributed by atoms with Crippen LogP contribution in [0.1, 0.15) is 35.8 Å². The lowest BCUT2D eigenvalue weighted by Crippen LogP contribution is -2.28. The van der Waals surface area contributed by atoms with Crippen molar-refractivity contribution >= 4 is 43.1 Å². The minimum absolute atomic E-state index is 0.138. The number of nitrogens with zero attached hydrogens (tertiary/aromatic N) is 9. The zero-order valence-corrected chi connectivity index (χ0v) is 35.0. The topological polar surface area (TPSA) is 301 Å². The average molecular weight is 941 g/mol. The van der Waals surface area contributed by atoms with Gasteiger partial charge in [-0.15, -0.1) is 0 Å². The first kappa shape index (κ1) is 48.3. The largest absolute Gasteiger partial charge is 0.395 e. The van der Waals surface area contributed by atoms with Gasteiger partial charge in [0.25, 0.3) is 0 Å². The Morgan fingerprint density at radius 2 is 1.08 bits per heavy atom. The van der Waals surface area contributed by atoms with Gasteiger partial charge in [-0.3, -0.25) is 10.1 Å². The van der Waals surface area contributed by atoms with Crippen molar-refractivity contribution in [2.75, 3.05) is 42.8 Å². The monoisotopic (exact) mass is 940 g/mol. The van der Waals surface area contributed by atoms with Crippen molar-refractivity contribution < 1.29 is 48.1 Å². The van der Waals surface area contributed by atoms with Gasteiger partial charge in [-0.1, -0.05) is 12.1 Å². The molecule has 2 unspecified atom stereocenters. The molecule has 20 nitrogen and oxygen atoms in total. The van der Waals surface area contributed by atoms with Crippen LogP contribution in [-0.4, -0.2) is 99.2 Å². The Hall–Kier alpha value is -6.78. The lowest BCUT2D eigenvalue weighted by atomic mass is 9.97. The number of rotatable bonds is 15. The summed E-state index contributed by atoms with van der Waals surface area (Å²) in [6.45, 7) is 0. The maximum absolute atomic E-state index is 13.5. The van der Waals surface area contributed by atoms with Gasteiger partial charge in [0.1, 0.15) is 5.82 Å². The normalized spacial score (nSPS) is 13.2. The molecule has 0 saturated carbocycles. The fraction of sp³-hybridized carbons (Fsp3) is 0.278. The highest BCUT2D eigenvalue weighted by Gasteiger charge is 2.42. The molecule has 0 spiro atoms. The molecule has 6 heterocycles. The Balaban J connectivity index is 0.000000241. The van der Waals surface area contributed by atoms with Gasteiger partial charge in [-0.2, -0.15) is 36.5 Å². The molecule has 0 bridgehead atoms. The predicted octanol–water partition coefficient (Wildman–Crippen LogP) is 4.48. The summed E-state index contributed by atoms with van der Waals surface area (Å²) in [4.78, 5) is 26.3. The molecular weight excluding hydrogens is 903 g/mol. The minimum atomic E-state index is -4.68. The first-order valence-corrected chi connectivity index (χ1v) is 21.6. The summed E-state index contributed by atoms with van der Waals surface area (Å²) < 4.78 is 134. The Morgan fingerprint density at radius 1 is 0.656 bits per heavy atom. The molecule has 6 aromatic rings. The van der Waals surface area contributed by atoms with Crippen LogP contribution < -0.4 is 26.6 Å². The summed E-state index contributed by atoms with van der Waals surface area (Å²) >= 11 is 0. The van der Waals surface area contributed by atoms with Crippen molar-refractivity contribution in [2.45, 2.75) is 37.0 Å². The number of halogens is 6. The molecule has 342 valence electrons. The van der Waals surface area contributed by atoms with Crippen molar-refractivity contribution in [3.63, 3.8) is 0 Å². The molecule has 0 aromatic carbocycles.